The molecule has 0 aliphatic rings. The van der Waals surface area contributed by atoms with E-state index >= 15 is 0 Å². The van der Waals surface area contributed by atoms with Gasteiger partial charge in [0.05, 0.1) is 5.69 Å². The van der Waals surface area contributed by atoms with E-state index in [1.807, 2.05) is 24.3 Å². The number of nitrogens with two attached hydrogens (primary N) is 1. The van der Waals surface area contributed by atoms with E-state index in [9.17, 15) is 4.79 Å². The molecule has 2 amide bonds. The number of aryl methyl sites for hydroxylation is 4. The molecule has 0 bridgehead atoms. The van der Waals surface area contributed by atoms with Gasteiger partial charge in [0.15, 0.2) is 0 Å². The van der Waals surface area contributed by atoms with E-state index in [0.29, 0.717) is 13.1 Å². The number of fused-ring (bicyclic) bond motifs is 1. The first-order valence-electron chi connectivity index (χ1n) is 11.1. The summed E-state index contributed by atoms with van der Waals surface area (Å²) >= 11 is 0. The molecule has 3 aromatic carbocycles. The molecule has 5 heteroatoms. The number of nitrogens with zero attached hydrogens (tertiary/aromatic N) is 1. The van der Waals surface area contributed by atoms with Crippen molar-refractivity contribution in [1.29, 1.82) is 0 Å². The SMILES string of the molecule is Cc1cc(C)cc(CNC(=O)Nc2cccc3cnccc23)c1.Cc1ccc(CN)cc1C. The first-order chi connectivity index (χ1) is 15.9. The number of urea groups is 1. The smallest absolute Gasteiger partial charge is 0.319 e. The molecule has 1 aromatic heterocycles. The Bertz CT molecular complexity index is 1220. The Morgan fingerprint density at radius 3 is 2.33 bits per heavy atom. The average Bonchev–Trinajstić information content (AvgIpc) is 2.80. The van der Waals surface area contributed by atoms with Crippen molar-refractivity contribution >= 4 is 22.5 Å². The Morgan fingerprint density at radius 1 is 0.879 bits per heavy atom. The van der Waals surface area contributed by atoms with Gasteiger partial charge in [0.1, 0.15) is 0 Å². The topological polar surface area (TPSA) is 80.0 Å². The number of carbonyl (C=O) groups excluding carboxylic acids is 1. The normalized spacial score (nSPS) is 10.3. The van der Waals surface area contributed by atoms with Crippen LogP contribution >= 0.6 is 0 Å². The molecule has 4 N–H and O–H groups in total. The molecule has 0 atom stereocenters. The fourth-order valence-corrected chi connectivity index (χ4v) is 3.68. The summed E-state index contributed by atoms with van der Waals surface area (Å²) in [6, 6.07) is 20.0. The fourth-order valence-electron chi connectivity index (χ4n) is 3.68. The highest BCUT2D eigenvalue weighted by Gasteiger charge is 2.06. The summed E-state index contributed by atoms with van der Waals surface area (Å²) in [6.07, 6.45) is 3.51. The van der Waals surface area contributed by atoms with Gasteiger partial charge in [0.2, 0.25) is 0 Å². The number of pyridine rings is 1. The van der Waals surface area contributed by atoms with Crippen LogP contribution in [0.2, 0.25) is 0 Å². The first kappa shape index (κ1) is 24.0. The van der Waals surface area contributed by atoms with Crippen LogP contribution in [0.25, 0.3) is 10.8 Å². The van der Waals surface area contributed by atoms with Gasteiger partial charge in [-0.1, -0.05) is 59.7 Å². The zero-order valence-electron chi connectivity index (χ0n) is 19.8. The van der Waals surface area contributed by atoms with Crippen LogP contribution in [0.4, 0.5) is 10.5 Å². The number of aromatic nitrogens is 1. The summed E-state index contributed by atoms with van der Waals surface area (Å²) in [5, 5.41) is 7.78. The van der Waals surface area contributed by atoms with Crippen LogP contribution in [0.3, 0.4) is 0 Å². The lowest BCUT2D eigenvalue weighted by Crippen LogP contribution is -2.28. The third-order valence-electron chi connectivity index (χ3n) is 5.47. The summed E-state index contributed by atoms with van der Waals surface area (Å²) < 4.78 is 0. The lowest BCUT2D eigenvalue weighted by Gasteiger charge is -2.11. The monoisotopic (exact) mass is 440 g/mol. The van der Waals surface area contributed by atoms with Crippen molar-refractivity contribution < 1.29 is 4.79 Å². The Morgan fingerprint density at radius 2 is 1.64 bits per heavy atom. The minimum absolute atomic E-state index is 0.214. The molecule has 0 saturated carbocycles. The molecule has 4 rings (SSSR count). The van der Waals surface area contributed by atoms with E-state index in [4.69, 9.17) is 5.73 Å². The van der Waals surface area contributed by atoms with Gasteiger partial charge < -0.3 is 16.4 Å². The standard InChI is InChI=1S/C19H19N3O.C9H13N/c1-13-8-14(2)10-15(9-13)11-21-19(23)22-18-5-3-4-16-12-20-7-6-17(16)18;1-7-3-4-9(6-10)5-8(7)2/h3-10,12H,11H2,1-2H3,(H2,21,22,23);3-5H,6,10H2,1-2H3. The zero-order chi connectivity index (χ0) is 23.8. The number of carbonyl (C=O) groups is 1. The molecule has 0 radical (unpaired) electrons. The summed E-state index contributed by atoms with van der Waals surface area (Å²) in [6.45, 7) is 9.47. The van der Waals surface area contributed by atoms with Crippen molar-refractivity contribution in [3.63, 3.8) is 0 Å². The molecule has 0 saturated heterocycles. The van der Waals surface area contributed by atoms with Gasteiger partial charge in [0, 0.05) is 36.3 Å². The van der Waals surface area contributed by atoms with Crippen LogP contribution in [0.1, 0.15) is 33.4 Å². The number of hydrogen-bond acceptors (Lipinski definition) is 3. The van der Waals surface area contributed by atoms with E-state index in [1.54, 1.807) is 12.4 Å². The van der Waals surface area contributed by atoms with Crippen LogP contribution < -0.4 is 16.4 Å². The highest BCUT2D eigenvalue weighted by atomic mass is 16.2. The van der Waals surface area contributed by atoms with Crippen LogP contribution in [0.5, 0.6) is 0 Å². The third-order valence-corrected chi connectivity index (χ3v) is 5.47. The van der Waals surface area contributed by atoms with Crippen molar-refractivity contribution in [3.8, 4) is 0 Å². The summed E-state index contributed by atoms with van der Waals surface area (Å²) in [5.41, 5.74) is 13.6. The number of nitrogens with one attached hydrogen (secondary N) is 2. The molecule has 0 fully saturated rings. The van der Waals surface area contributed by atoms with Crippen molar-refractivity contribution in [2.75, 3.05) is 5.32 Å². The molecule has 0 spiro atoms. The Labute approximate surface area is 196 Å². The highest BCUT2D eigenvalue weighted by molar-refractivity contribution is 6.01. The Kier molecular flexibility index (Phi) is 8.17. The van der Waals surface area contributed by atoms with Gasteiger partial charge in [-0.3, -0.25) is 4.98 Å². The molecular weight excluding hydrogens is 408 g/mol. The maximum absolute atomic E-state index is 12.2. The van der Waals surface area contributed by atoms with E-state index in [-0.39, 0.29) is 6.03 Å². The van der Waals surface area contributed by atoms with Gasteiger partial charge in [-0.25, -0.2) is 4.79 Å². The number of benzene rings is 3. The van der Waals surface area contributed by atoms with Crippen molar-refractivity contribution in [3.05, 3.63) is 106 Å². The highest BCUT2D eigenvalue weighted by Crippen LogP contribution is 2.22. The van der Waals surface area contributed by atoms with E-state index in [2.05, 4.69) is 79.7 Å². The molecular formula is C28H32N4O. The van der Waals surface area contributed by atoms with Crippen LogP contribution in [-0.4, -0.2) is 11.0 Å². The maximum atomic E-state index is 12.2. The van der Waals surface area contributed by atoms with Crippen LogP contribution in [-0.2, 0) is 13.1 Å². The second-order valence-electron chi connectivity index (χ2n) is 8.33. The van der Waals surface area contributed by atoms with Crippen molar-refractivity contribution in [1.82, 2.24) is 10.3 Å². The molecule has 4 aromatic rings. The minimum atomic E-state index is -0.214. The summed E-state index contributed by atoms with van der Waals surface area (Å²) in [7, 11) is 0. The lowest BCUT2D eigenvalue weighted by molar-refractivity contribution is 0.252. The first-order valence-corrected chi connectivity index (χ1v) is 11.1. The summed E-state index contributed by atoms with van der Waals surface area (Å²) in [5.74, 6) is 0. The van der Waals surface area contributed by atoms with Gasteiger partial charge in [0.25, 0.3) is 0 Å². The zero-order valence-corrected chi connectivity index (χ0v) is 19.8. The summed E-state index contributed by atoms with van der Waals surface area (Å²) in [4.78, 5) is 16.3. The molecule has 1 heterocycles. The largest absolute Gasteiger partial charge is 0.334 e. The van der Waals surface area contributed by atoms with Gasteiger partial charge in [-0.05, 0) is 62.1 Å². The van der Waals surface area contributed by atoms with Crippen LogP contribution in [0.15, 0.2) is 73.1 Å². The van der Waals surface area contributed by atoms with E-state index in [1.165, 1.54) is 27.8 Å². The Balaban J connectivity index is 0.000000257. The van der Waals surface area contributed by atoms with E-state index < -0.39 is 0 Å². The second kappa shape index (κ2) is 11.2. The molecule has 170 valence electrons. The maximum Gasteiger partial charge on any atom is 0.319 e. The van der Waals surface area contributed by atoms with Crippen LogP contribution in [0, 0.1) is 27.7 Å². The number of hydrogen-bond donors (Lipinski definition) is 3. The molecule has 33 heavy (non-hydrogen) atoms. The van der Waals surface area contributed by atoms with E-state index in [0.717, 1.165) is 22.0 Å². The minimum Gasteiger partial charge on any atom is -0.334 e. The molecule has 5 nitrogen and oxygen atoms in total. The predicted octanol–water partition coefficient (Wildman–Crippen LogP) is 5.94. The second-order valence-corrected chi connectivity index (χ2v) is 8.33. The Hall–Kier alpha value is -3.70. The van der Waals surface area contributed by atoms with Crippen molar-refractivity contribution in [2.45, 2.75) is 40.8 Å². The number of amides is 2. The number of rotatable bonds is 4. The van der Waals surface area contributed by atoms with Gasteiger partial charge >= 0.3 is 6.03 Å². The van der Waals surface area contributed by atoms with Gasteiger partial charge in [-0.2, -0.15) is 0 Å². The third kappa shape index (κ3) is 6.89. The predicted molar refractivity (Wildman–Crippen MR) is 137 cm³/mol. The van der Waals surface area contributed by atoms with Gasteiger partial charge in [-0.15, -0.1) is 0 Å². The van der Waals surface area contributed by atoms with Crippen molar-refractivity contribution in [2.24, 2.45) is 5.73 Å². The molecule has 0 unspecified atom stereocenters. The number of anilines is 1. The quantitative estimate of drug-likeness (QED) is 0.368. The lowest BCUT2D eigenvalue weighted by atomic mass is 10.1. The fraction of sp³-hybridized carbons (Fsp3) is 0.214. The molecule has 0 aliphatic heterocycles. The molecule has 0 aliphatic carbocycles. The average molecular weight is 441 g/mol.